The van der Waals surface area contributed by atoms with Crippen molar-refractivity contribution >= 4 is 15.9 Å². The molecule has 0 spiro atoms. The van der Waals surface area contributed by atoms with Crippen LogP contribution in [0, 0.1) is 0 Å². The van der Waals surface area contributed by atoms with Crippen LogP contribution in [-0.4, -0.2) is 52.6 Å². The molecule has 0 atom stereocenters. The zero-order valence-corrected chi connectivity index (χ0v) is 17.4. The molecule has 0 aliphatic carbocycles. The summed E-state index contributed by atoms with van der Waals surface area (Å²) in [5.41, 5.74) is 0.929. The molecule has 0 bridgehead atoms. The second kappa shape index (κ2) is 9.28. The van der Waals surface area contributed by atoms with Gasteiger partial charge < -0.3 is 14.4 Å². The number of hydrogen-bond donors (Lipinski definition) is 1. The predicted molar refractivity (Wildman–Crippen MR) is 110 cm³/mol. The van der Waals surface area contributed by atoms with Crippen LogP contribution in [0.1, 0.15) is 18.4 Å². The molecule has 8 heteroatoms. The highest BCUT2D eigenvalue weighted by atomic mass is 32.2. The van der Waals surface area contributed by atoms with Crippen molar-refractivity contribution in [2.45, 2.75) is 30.2 Å². The van der Waals surface area contributed by atoms with Crippen LogP contribution < -0.4 is 14.2 Å². The van der Waals surface area contributed by atoms with E-state index in [9.17, 15) is 13.2 Å². The number of benzene rings is 2. The van der Waals surface area contributed by atoms with Gasteiger partial charge in [0.2, 0.25) is 15.9 Å². The molecule has 29 heavy (non-hydrogen) atoms. The van der Waals surface area contributed by atoms with Crippen LogP contribution in [0.25, 0.3) is 0 Å². The van der Waals surface area contributed by atoms with Gasteiger partial charge in [0.25, 0.3) is 0 Å². The SMILES string of the molecule is COc1ccc(CC(=O)N2CCC(NS(=O)(=O)c3ccc(OC)cc3)CC2)cc1. The van der Waals surface area contributed by atoms with Crippen LogP contribution in [0.3, 0.4) is 0 Å². The van der Waals surface area contributed by atoms with Crippen molar-refractivity contribution in [3.63, 3.8) is 0 Å². The summed E-state index contributed by atoms with van der Waals surface area (Å²) in [6, 6.07) is 13.5. The lowest BCUT2D eigenvalue weighted by atomic mass is 10.0. The minimum atomic E-state index is -3.60. The average Bonchev–Trinajstić information content (AvgIpc) is 2.74. The van der Waals surface area contributed by atoms with E-state index >= 15 is 0 Å². The van der Waals surface area contributed by atoms with Crippen molar-refractivity contribution < 1.29 is 22.7 Å². The molecule has 1 aliphatic rings. The molecule has 1 N–H and O–H groups in total. The zero-order chi connectivity index (χ0) is 20.9. The molecule has 156 valence electrons. The van der Waals surface area contributed by atoms with E-state index in [0.29, 0.717) is 38.1 Å². The Bertz CT molecular complexity index is 919. The quantitative estimate of drug-likeness (QED) is 0.745. The van der Waals surface area contributed by atoms with Gasteiger partial charge in [0.15, 0.2) is 0 Å². The topological polar surface area (TPSA) is 84.9 Å². The predicted octanol–water partition coefficient (Wildman–Crippen LogP) is 2.22. The van der Waals surface area contributed by atoms with Gasteiger partial charge in [-0.05, 0) is 54.8 Å². The first-order chi connectivity index (χ1) is 13.9. The summed E-state index contributed by atoms with van der Waals surface area (Å²) in [6.45, 7) is 1.07. The normalized spacial score (nSPS) is 15.2. The molecule has 1 fully saturated rings. The van der Waals surface area contributed by atoms with Crippen LogP contribution in [-0.2, 0) is 21.2 Å². The Kier molecular flexibility index (Phi) is 6.76. The van der Waals surface area contributed by atoms with Crippen LogP contribution in [0.2, 0.25) is 0 Å². The number of piperidine rings is 1. The smallest absolute Gasteiger partial charge is 0.240 e. The minimum Gasteiger partial charge on any atom is -0.497 e. The number of carbonyl (C=O) groups excluding carboxylic acids is 1. The summed E-state index contributed by atoms with van der Waals surface area (Å²) in [4.78, 5) is 14.5. The number of nitrogens with one attached hydrogen (secondary N) is 1. The zero-order valence-electron chi connectivity index (χ0n) is 16.6. The molecule has 0 saturated carbocycles. The summed E-state index contributed by atoms with van der Waals surface area (Å²) in [5.74, 6) is 1.41. The van der Waals surface area contributed by atoms with Crippen LogP contribution >= 0.6 is 0 Å². The number of sulfonamides is 1. The highest BCUT2D eigenvalue weighted by molar-refractivity contribution is 7.89. The Morgan fingerprint density at radius 2 is 1.48 bits per heavy atom. The summed E-state index contributed by atoms with van der Waals surface area (Å²) in [5, 5.41) is 0. The molecule has 3 rings (SSSR count). The van der Waals surface area contributed by atoms with Crippen molar-refractivity contribution in [3.05, 3.63) is 54.1 Å². The van der Waals surface area contributed by atoms with Crippen LogP contribution in [0.4, 0.5) is 0 Å². The number of carbonyl (C=O) groups is 1. The summed E-state index contributed by atoms with van der Waals surface area (Å²) < 4.78 is 38.1. The number of ether oxygens (including phenoxy) is 2. The number of nitrogens with zero attached hydrogens (tertiary/aromatic N) is 1. The molecule has 0 unspecified atom stereocenters. The largest absolute Gasteiger partial charge is 0.497 e. The van der Waals surface area contributed by atoms with Gasteiger partial charge in [-0.15, -0.1) is 0 Å². The summed E-state index contributed by atoms with van der Waals surface area (Å²) in [6.07, 6.45) is 1.50. The van der Waals surface area contributed by atoms with Gasteiger partial charge in [-0.25, -0.2) is 13.1 Å². The fourth-order valence-electron chi connectivity index (χ4n) is 3.32. The van der Waals surface area contributed by atoms with Gasteiger partial charge in [-0.3, -0.25) is 4.79 Å². The highest BCUT2D eigenvalue weighted by Crippen LogP contribution is 2.19. The number of likely N-dealkylation sites (tertiary alicyclic amines) is 1. The van der Waals surface area contributed by atoms with Crippen molar-refractivity contribution in [1.29, 1.82) is 0 Å². The average molecular weight is 419 g/mol. The molecule has 7 nitrogen and oxygen atoms in total. The molecule has 0 aromatic heterocycles. The van der Waals surface area contributed by atoms with Crippen molar-refractivity contribution in [1.82, 2.24) is 9.62 Å². The van der Waals surface area contributed by atoms with E-state index in [1.54, 1.807) is 24.1 Å². The van der Waals surface area contributed by atoms with E-state index in [1.165, 1.54) is 19.2 Å². The van der Waals surface area contributed by atoms with Gasteiger partial charge in [0.05, 0.1) is 25.5 Å². The highest BCUT2D eigenvalue weighted by Gasteiger charge is 2.26. The third-order valence-corrected chi connectivity index (χ3v) is 6.59. The molecule has 1 heterocycles. The molecule has 1 aliphatic heterocycles. The lowest BCUT2D eigenvalue weighted by Crippen LogP contribution is -2.46. The minimum absolute atomic E-state index is 0.0478. The Labute approximate surface area is 171 Å². The van der Waals surface area contributed by atoms with E-state index in [0.717, 1.165) is 11.3 Å². The second-order valence-electron chi connectivity index (χ2n) is 6.98. The van der Waals surface area contributed by atoms with Crippen molar-refractivity contribution in [3.8, 4) is 11.5 Å². The first-order valence-corrected chi connectivity index (χ1v) is 11.0. The Hall–Kier alpha value is -2.58. The summed E-state index contributed by atoms with van der Waals surface area (Å²) >= 11 is 0. The van der Waals surface area contributed by atoms with Gasteiger partial charge >= 0.3 is 0 Å². The first-order valence-electron chi connectivity index (χ1n) is 9.48. The lowest BCUT2D eigenvalue weighted by molar-refractivity contribution is -0.131. The number of hydrogen-bond acceptors (Lipinski definition) is 5. The fourth-order valence-corrected chi connectivity index (χ4v) is 4.62. The standard InChI is InChI=1S/C21H26N2O5S/c1-27-18-5-3-16(4-6-18)15-21(24)23-13-11-17(12-14-23)22-29(25,26)20-9-7-19(28-2)8-10-20/h3-10,17,22H,11-15H2,1-2H3. The van der Waals surface area contributed by atoms with Gasteiger partial charge in [-0.1, -0.05) is 12.1 Å². The number of methoxy groups -OCH3 is 2. The van der Waals surface area contributed by atoms with Crippen molar-refractivity contribution in [2.24, 2.45) is 0 Å². The first kappa shape index (κ1) is 21.1. The third kappa shape index (κ3) is 5.48. The van der Waals surface area contributed by atoms with E-state index in [1.807, 2.05) is 24.3 Å². The van der Waals surface area contributed by atoms with Gasteiger partial charge in [0.1, 0.15) is 11.5 Å². The maximum absolute atomic E-state index is 12.6. The Morgan fingerprint density at radius 1 is 0.966 bits per heavy atom. The number of rotatable bonds is 7. The molecule has 2 aromatic carbocycles. The van der Waals surface area contributed by atoms with Gasteiger partial charge in [-0.2, -0.15) is 0 Å². The van der Waals surface area contributed by atoms with E-state index in [4.69, 9.17) is 9.47 Å². The van der Waals surface area contributed by atoms with Crippen molar-refractivity contribution in [2.75, 3.05) is 27.3 Å². The fraction of sp³-hybridized carbons (Fsp3) is 0.381. The molecule has 0 radical (unpaired) electrons. The molecule has 1 saturated heterocycles. The molecular weight excluding hydrogens is 392 g/mol. The molecule has 1 amide bonds. The monoisotopic (exact) mass is 418 g/mol. The Morgan fingerprint density at radius 3 is 2.00 bits per heavy atom. The molecule has 2 aromatic rings. The molecular formula is C21H26N2O5S. The van der Waals surface area contributed by atoms with Crippen LogP contribution in [0.5, 0.6) is 11.5 Å². The van der Waals surface area contributed by atoms with E-state index in [-0.39, 0.29) is 16.8 Å². The van der Waals surface area contributed by atoms with E-state index in [2.05, 4.69) is 4.72 Å². The van der Waals surface area contributed by atoms with Crippen LogP contribution in [0.15, 0.2) is 53.4 Å². The lowest BCUT2D eigenvalue weighted by Gasteiger charge is -2.32. The maximum Gasteiger partial charge on any atom is 0.240 e. The summed E-state index contributed by atoms with van der Waals surface area (Å²) in [7, 11) is -0.461. The number of amides is 1. The maximum atomic E-state index is 12.6. The second-order valence-corrected chi connectivity index (χ2v) is 8.69. The Balaban J connectivity index is 1.51. The van der Waals surface area contributed by atoms with Gasteiger partial charge in [0, 0.05) is 19.1 Å². The van der Waals surface area contributed by atoms with E-state index < -0.39 is 10.0 Å². The third-order valence-electron chi connectivity index (χ3n) is 5.05.